The van der Waals surface area contributed by atoms with Crippen LogP contribution in [-0.4, -0.2) is 17.0 Å². The lowest BCUT2D eigenvalue weighted by Gasteiger charge is -2.09. The minimum atomic E-state index is 0.0548. The van der Waals surface area contributed by atoms with Gasteiger partial charge >= 0.3 is 0 Å². The first-order chi connectivity index (χ1) is 8.69. The summed E-state index contributed by atoms with van der Waals surface area (Å²) in [4.78, 5) is 13.4. The van der Waals surface area contributed by atoms with Crippen molar-refractivity contribution in [3.05, 3.63) is 22.7 Å². The Morgan fingerprint density at radius 1 is 1.50 bits per heavy atom. The number of rotatable bonds is 4. The van der Waals surface area contributed by atoms with Crippen molar-refractivity contribution in [3.8, 4) is 0 Å². The van der Waals surface area contributed by atoms with Gasteiger partial charge in [-0.15, -0.1) is 11.3 Å². The van der Waals surface area contributed by atoms with Crippen LogP contribution in [0.25, 0.3) is 10.2 Å². The van der Waals surface area contributed by atoms with Gasteiger partial charge in [0.25, 0.3) is 5.91 Å². The fraction of sp³-hybridized carbons (Fsp3) is 0.500. The molecule has 0 aliphatic heterocycles. The van der Waals surface area contributed by atoms with E-state index in [-0.39, 0.29) is 5.91 Å². The second-order valence-corrected chi connectivity index (χ2v) is 6.34. The van der Waals surface area contributed by atoms with Gasteiger partial charge in [-0.3, -0.25) is 4.79 Å². The van der Waals surface area contributed by atoms with Crippen molar-refractivity contribution in [3.63, 3.8) is 0 Å². The minimum absolute atomic E-state index is 0.0548. The Kier molecular flexibility index (Phi) is 2.90. The average molecular weight is 262 g/mol. The number of aromatic nitrogens is 1. The number of hydrogen-bond acceptors (Lipinski definition) is 2. The zero-order valence-electron chi connectivity index (χ0n) is 10.8. The molecule has 1 saturated carbocycles. The number of aryl methyl sites for hydroxylation is 1. The number of nitrogens with one attached hydrogen (secondary N) is 1. The molecule has 2 aromatic rings. The van der Waals surface area contributed by atoms with Crippen LogP contribution >= 0.6 is 11.3 Å². The predicted molar refractivity (Wildman–Crippen MR) is 75.3 cm³/mol. The third-order valence-electron chi connectivity index (χ3n) is 3.42. The number of thiophene rings is 1. The second-order valence-electron chi connectivity index (χ2n) is 5.05. The molecule has 3 rings (SSSR count). The minimum Gasteiger partial charge on any atom is -0.351 e. The number of amides is 1. The monoisotopic (exact) mass is 262 g/mol. The molecular weight excluding hydrogens is 244 g/mol. The van der Waals surface area contributed by atoms with Crippen molar-refractivity contribution in [2.75, 3.05) is 6.54 Å². The molecule has 0 atom stereocenters. The highest BCUT2D eigenvalue weighted by atomic mass is 32.1. The molecule has 1 amide bonds. The van der Waals surface area contributed by atoms with E-state index >= 15 is 0 Å². The van der Waals surface area contributed by atoms with Gasteiger partial charge in [0.2, 0.25) is 0 Å². The normalized spacial score (nSPS) is 15.2. The van der Waals surface area contributed by atoms with Gasteiger partial charge in [-0.25, -0.2) is 0 Å². The first kappa shape index (κ1) is 11.8. The van der Waals surface area contributed by atoms with Gasteiger partial charge in [0.05, 0.1) is 10.2 Å². The summed E-state index contributed by atoms with van der Waals surface area (Å²) in [6.45, 7) is 5.75. The third kappa shape index (κ3) is 2.05. The molecule has 0 spiro atoms. The maximum atomic E-state index is 12.1. The highest BCUT2D eigenvalue weighted by Gasteiger charge is 2.25. The molecule has 0 aromatic carbocycles. The lowest BCUT2D eigenvalue weighted by molar-refractivity contribution is 0.0946. The van der Waals surface area contributed by atoms with Gasteiger partial charge in [0.1, 0.15) is 5.69 Å². The van der Waals surface area contributed by atoms with Crippen LogP contribution in [0.2, 0.25) is 0 Å². The van der Waals surface area contributed by atoms with E-state index in [0.29, 0.717) is 6.54 Å². The predicted octanol–water partition coefficient (Wildman–Crippen LogP) is 3.17. The van der Waals surface area contributed by atoms with Gasteiger partial charge in [0.15, 0.2) is 0 Å². The maximum absolute atomic E-state index is 12.1. The molecule has 3 nitrogen and oxygen atoms in total. The Morgan fingerprint density at radius 2 is 2.28 bits per heavy atom. The summed E-state index contributed by atoms with van der Waals surface area (Å²) in [7, 11) is 0. The summed E-state index contributed by atoms with van der Waals surface area (Å²) in [5.41, 5.74) is 2.05. The lowest BCUT2D eigenvalue weighted by atomic mass is 10.3. The molecule has 2 heterocycles. The number of nitrogens with zero attached hydrogens (tertiary/aromatic N) is 1. The van der Waals surface area contributed by atoms with Crippen LogP contribution in [0.4, 0.5) is 0 Å². The number of fused-ring (bicyclic) bond motifs is 1. The van der Waals surface area contributed by atoms with E-state index in [4.69, 9.17) is 0 Å². The Balaban J connectivity index is 2.04. The van der Waals surface area contributed by atoms with Gasteiger partial charge in [0, 0.05) is 18.0 Å². The molecule has 18 heavy (non-hydrogen) atoms. The maximum Gasteiger partial charge on any atom is 0.267 e. The number of hydrogen-bond donors (Lipinski definition) is 1. The molecule has 0 unspecified atom stereocenters. The van der Waals surface area contributed by atoms with E-state index in [2.05, 4.69) is 22.9 Å². The fourth-order valence-electron chi connectivity index (χ4n) is 2.36. The van der Waals surface area contributed by atoms with E-state index < -0.39 is 0 Å². The molecule has 1 aliphatic rings. The lowest BCUT2D eigenvalue weighted by Crippen LogP contribution is -2.25. The number of carbonyl (C=O) groups excluding carboxylic acids is 1. The van der Waals surface area contributed by atoms with Gasteiger partial charge in [-0.1, -0.05) is 0 Å². The molecule has 4 heteroatoms. The van der Waals surface area contributed by atoms with Gasteiger partial charge in [-0.05, 0) is 44.7 Å². The summed E-state index contributed by atoms with van der Waals surface area (Å²) in [6.07, 6.45) is 2.61. The molecular formula is C14H18N2OS. The molecule has 2 aromatic heterocycles. The molecule has 0 radical (unpaired) electrons. The first-order valence-corrected chi connectivity index (χ1v) is 7.38. The zero-order valence-corrected chi connectivity index (χ0v) is 11.6. The average Bonchev–Trinajstić information content (AvgIpc) is 2.98. The molecule has 0 bridgehead atoms. The summed E-state index contributed by atoms with van der Waals surface area (Å²) in [5, 5.41) is 2.91. The smallest absolute Gasteiger partial charge is 0.267 e. The van der Waals surface area contributed by atoms with Crippen LogP contribution in [0.15, 0.2) is 12.1 Å². The third-order valence-corrected chi connectivity index (χ3v) is 4.41. The van der Waals surface area contributed by atoms with E-state index in [9.17, 15) is 4.79 Å². The topological polar surface area (TPSA) is 34.0 Å². The standard InChI is InChI=1S/C14H18N2OS/c1-3-15-14(17)12-7-13-11(6-9(2)18-13)16(12)8-10-4-5-10/h6-7,10H,3-5,8H2,1-2H3,(H,15,17). The van der Waals surface area contributed by atoms with Gasteiger partial charge < -0.3 is 9.88 Å². The van der Waals surface area contributed by atoms with Crippen LogP contribution in [0, 0.1) is 12.8 Å². The highest BCUT2D eigenvalue weighted by Crippen LogP contribution is 2.35. The molecule has 96 valence electrons. The Bertz CT molecular complexity index is 592. The molecule has 1 N–H and O–H groups in total. The van der Waals surface area contributed by atoms with Crippen LogP contribution < -0.4 is 5.32 Å². The summed E-state index contributed by atoms with van der Waals surface area (Å²) in [6, 6.07) is 4.24. The van der Waals surface area contributed by atoms with E-state index in [1.807, 2.05) is 13.0 Å². The van der Waals surface area contributed by atoms with Gasteiger partial charge in [-0.2, -0.15) is 0 Å². The molecule has 0 saturated heterocycles. The second kappa shape index (κ2) is 4.43. The van der Waals surface area contributed by atoms with Crippen LogP contribution in [0.3, 0.4) is 0 Å². The van der Waals surface area contributed by atoms with E-state index in [0.717, 1.165) is 18.2 Å². The Morgan fingerprint density at radius 3 is 2.94 bits per heavy atom. The molecule has 1 aliphatic carbocycles. The molecule has 1 fully saturated rings. The van der Waals surface area contributed by atoms with Crippen molar-refractivity contribution in [2.45, 2.75) is 33.2 Å². The zero-order chi connectivity index (χ0) is 12.7. The van der Waals surface area contributed by atoms with Crippen LogP contribution in [0.5, 0.6) is 0 Å². The first-order valence-electron chi connectivity index (χ1n) is 6.57. The van der Waals surface area contributed by atoms with Crippen molar-refractivity contribution < 1.29 is 4.79 Å². The van der Waals surface area contributed by atoms with Crippen molar-refractivity contribution >= 4 is 27.5 Å². The Labute approximate surface area is 111 Å². The summed E-state index contributed by atoms with van der Waals surface area (Å²) in [5.74, 6) is 0.827. The largest absolute Gasteiger partial charge is 0.351 e. The highest BCUT2D eigenvalue weighted by molar-refractivity contribution is 7.19. The van der Waals surface area contributed by atoms with Crippen molar-refractivity contribution in [1.82, 2.24) is 9.88 Å². The van der Waals surface area contributed by atoms with Crippen LogP contribution in [0.1, 0.15) is 35.1 Å². The van der Waals surface area contributed by atoms with Crippen molar-refractivity contribution in [2.24, 2.45) is 5.92 Å². The van der Waals surface area contributed by atoms with Crippen LogP contribution in [-0.2, 0) is 6.54 Å². The Hall–Kier alpha value is -1.29. The quantitative estimate of drug-likeness (QED) is 0.902. The SMILES string of the molecule is CCNC(=O)c1cc2sc(C)cc2n1CC1CC1. The fourth-order valence-corrected chi connectivity index (χ4v) is 3.32. The summed E-state index contributed by atoms with van der Waals surface area (Å²) >= 11 is 1.77. The van der Waals surface area contributed by atoms with E-state index in [1.165, 1.54) is 27.9 Å². The van der Waals surface area contributed by atoms with E-state index in [1.54, 1.807) is 11.3 Å². The van der Waals surface area contributed by atoms with Crippen molar-refractivity contribution in [1.29, 1.82) is 0 Å². The summed E-state index contributed by atoms with van der Waals surface area (Å²) < 4.78 is 3.44. The number of carbonyl (C=O) groups is 1.